The summed E-state index contributed by atoms with van der Waals surface area (Å²) in [6.07, 6.45) is 11.1. The number of hydrogen-bond donors (Lipinski definition) is 1. The van der Waals surface area contributed by atoms with Gasteiger partial charge in [0.2, 0.25) is 11.6 Å². The number of rotatable bonds is 5. The third-order valence-electron chi connectivity index (χ3n) is 7.04. The highest BCUT2D eigenvalue weighted by Crippen LogP contribution is 2.34. The first kappa shape index (κ1) is 20.9. The van der Waals surface area contributed by atoms with Crippen LogP contribution < -0.4 is 20.5 Å². The summed E-state index contributed by atoms with van der Waals surface area (Å²) in [6, 6.07) is 6.28. The minimum absolute atomic E-state index is 0.109. The Bertz CT molecular complexity index is 1400. The third kappa shape index (κ3) is 3.53. The van der Waals surface area contributed by atoms with Crippen molar-refractivity contribution in [2.75, 3.05) is 30.4 Å². The molecule has 1 aliphatic carbocycles. The van der Waals surface area contributed by atoms with E-state index in [2.05, 4.69) is 37.5 Å². The van der Waals surface area contributed by atoms with Gasteiger partial charge in [0.15, 0.2) is 5.65 Å². The zero-order chi connectivity index (χ0) is 23.1. The summed E-state index contributed by atoms with van der Waals surface area (Å²) in [5.74, 6) is 1.14. The maximum Gasteiger partial charge on any atom is 0.298 e. The van der Waals surface area contributed by atoms with E-state index >= 15 is 0 Å². The minimum Gasteiger partial charge on any atom is -0.494 e. The predicted octanol–water partition coefficient (Wildman–Crippen LogP) is 3.69. The van der Waals surface area contributed by atoms with Gasteiger partial charge in [0, 0.05) is 30.9 Å². The molecular formula is C24H28N8O2. The largest absolute Gasteiger partial charge is 0.494 e. The van der Waals surface area contributed by atoms with E-state index in [1.54, 1.807) is 22.3 Å². The molecule has 2 fully saturated rings. The van der Waals surface area contributed by atoms with E-state index in [1.807, 2.05) is 6.07 Å². The summed E-state index contributed by atoms with van der Waals surface area (Å²) in [5.41, 5.74) is 3.38. The SMILES string of the molecule is COc1cc(N2CCCCC2)ccc1Nc1ncc2c(n1)n(C1CCCC1)c(=O)c1nncn12. The van der Waals surface area contributed by atoms with Gasteiger partial charge in [-0.1, -0.05) is 12.8 Å². The number of methoxy groups -OCH3 is 1. The van der Waals surface area contributed by atoms with Crippen molar-refractivity contribution in [3.63, 3.8) is 0 Å². The molecule has 4 aromatic rings. The molecule has 0 spiro atoms. The molecule has 176 valence electrons. The number of hydrogen-bond acceptors (Lipinski definition) is 8. The number of aromatic nitrogens is 6. The first-order valence-electron chi connectivity index (χ1n) is 12.0. The van der Waals surface area contributed by atoms with Crippen molar-refractivity contribution in [3.05, 3.63) is 41.1 Å². The van der Waals surface area contributed by atoms with E-state index in [1.165, 1.54) is 25.6 Å². The van der Waals surface area contributed by atoms with Crippen LogP contribution >= 0.6 is 0 Å². The molecular weight excluding hydrogens is 432 g/mol. The molecule has 1 aromatic carbocycles. The van der Waals surface area contributed by atoms with Gasteiger partial charge in [-0.05, 0) is 44.2 Å². The van der Waals surface area contributed by atoms with Crippen LogP contribution in [0.25, 0.3) is 16.8 Å². The van der Waals surface area contributed by atoms with Crippen LogP contribution in [0.1, 0.15) is 51.0 Å². The van der Waals surface area contributed by atoms with Crippen LogP contribution in [0.5, 0.6) is 5.75 Å². The maximum atomic E-state index is 13.3. The van der Waals surface area contributed by atoms with Gasteiger partial charge in [-0.2, -0.15) is 4.98 Å². The summed E-state index contributed by atoms with van der Waals surface area (Å²) < 4.78 is 9.14. The number of benzene rings is 1. The molecule has 0 unspecified atom stereocenters. The van der Waals surface area contributed by atoms with Crippen LogP contribution in [0.3, 0.4) is 0 Å². The fourth-order valence-electron chi connectivity index (χ4n) is 5.29. The molecule has 0 amide bonds. The van der Waals surface area contributed by atoms with Crippen LogP contribution in [0.15, 0.2) is 35.5 Å². The molecule has 10 heteroatoms. The zero-order valence-corrected chi connectivity index (χ0v) is 19.3. The zero-order valence-electron chi connectivity index (χ0n) is 19.3. The highest BCUT2D eigenvalue weighted by atomic mass is 16.5. The standard InChI is InChI=1S/C24H28N8O2/c1-34-20-13-17(30-11-5-2-6-12-30)9-10-18(20)27-24-25-14-19-21(28-24)32(16-7-3-4-8-16)23(33)22-29-26-15-31(19)22/h9-10,13-16H,2-8,11-12H2,1H3,(H,25,27,28). The second-order valence-corrected chi connectivity index (χ2v) is 9.10. The molecule has 2 aliphatic rings. The van der Waals surface area contributed by atoms with Crippen molar-refractivity contribution in [2.24, 2.45) is 0 Å². The topological polar surface area (TPSA) is 102 Å². The molecule has 0 bridgehead atoms. The van der Waals surface area contributed by atoms with Crippen LogP contribution in [0.2, 0.25) is 0 Å². The molecule has 34 heavy (non-hydrogen) atoms. The Morgan fingerprint density at radius 2 is 1.88 bits per heavy atom. The van der Waals surface area contributed by atoms with E-state index < -0.39 is 0 Å². The lowest BCUT2D eigenvalue weighted by Crippen LogP contribution is -2.29. The highest BCUT2D eigenvalue weighted by molar-refractivity contribution is 5.76. The van der Waals surface area contributed by atoms with E-state index in [0.717, 1.165) is 55.9 Å². The predicted molar refractivity (Wildman–Crippen MR) is 130 cm³/mol. The average molecular weight is 461 g/mol. The number of ether oxygens (including phenoxy) is 1. The Hall–Kier alpha value is -3.69. The second-order valence-electron chi connectivity index (χ2n) is 9.10. The number of piperidine rings is 1. The van der Waals surface area contributed by atoms with Crippen molar-refractivity contribution in [1.82, 2.24) is 29.1 Å². The normalized spacial score (nSPS) is 17.0. The Morgan fingerprint density at radius 3 is 2.68 bits per heavy atom. The average Bonchev–Trinajstić information content (AvgIpc) is 3.58. The maximum absolute atomic E-state index is 13.3. The van der Waals surface area contributed by atoms with Gasteiger partial charge in [0.1, 0.15) is 17.6 Å². The number of nitrogens with one attached hydrogen (secondary N) is 1. The van der Waals surface area contributed by atoms with Gasteiger partial charge < -0.3 is 15.0 Å². The van der Waals surface area contributed by atoms with Crippen LogP contribution in [0, 0.1) is 0 Å². The lowest BCUT2D eigenvalue weighted by molar-refractivity contribution is 0.416. The summed E-state index contributed by atoms with van der Waals surface area (Å²) in [5, 5.41) is 11.3. The van der Waals surface area contributed by atoms with E-state index in [-0.39, 0.29) is 11.6 Å². The molecule has 0 atom stereocenters. The van der Waals surface area contributed by atoms with E-state index in [9.17, 15) is 4.79 Å². The van der Waals surface area contributed by atoms with Crippen molar-refractivity contribution >= 4 is 34.1 Å². The minimum atomic E-state index is -0.162. The van der Waals surface area contributed by atoms with Gasteiger partial charge in [-0.3, -0.25) is 13.8 Å². The Kier molecular flexibility index (Phi) is 5.27. The molecule has 1 saturated heterocycles. The Morgan fingerprint density at radius 1 is 1.06 bits per heavy atom. The van der Waals surface area contributed by atoms with E-state index in [0.29, 0.717) is 22.8 Å². The van der Waals surface area contributed by atoms with Gasteiger partial charge in [0.05, 0.1) is 19.0 Å². The van der Waals surface area contributed by atoms with Gasteiger partial charge in [-0.25, -0.2) is 4.98 Å². The Labute approximate surface area is 196 Å². The van der Waals surface area contributed by atoms with Crippen molar-refractivity contribution in [3.8, 4) is 5.75 Å². The molecule has 1 saturated carbocycles. The lowest BCUT2D eigenvalue weighted by Gasteiger charge is -2.29. The lowest BCUT2D eigenvalue weighted by atomic mass is 10.1. The summed E-state index contributed by atoms with van der Waals surface area (Å²) in [6.45, 7) is 2.14. The smallest absolute Gasteiger partial charge is 0.298 e. The summed E-state index contributed by atoms with van der Waals surface area (Å²) >= 11 is 0. The van der Waals surface area contributed by atoms with E-state index in [4.69, 9.17) is 9.72 Å². The second kappa shape index (κ2) is 8.58. The quantitative estimate of drug-likeness (QED) is 0.481. The van der Waals surface area contributed by atoms with Gasteiger partial charge in [-0.15, -0.1) is 10.2 Å². The van der Waals surface area contributed by atoms with Crippen LogP contribution in [-0.2, 0) is 0 Å². The number of anilines is 3. The van der Waals surface area contributed by atoms with Crippen LogP contribution in [-0.4, -0.2) is 49.3 Å². The van der Waals surface area contributed by atoms with Crippen molar-refractivity contribution < 1.29 is 4.74 Å². The number of nitrogens with zero attached hydrogens (tertiary/aromatic N) is 7. The molecule has 3 aromatic heterocycles. The van der Waals surface area contributed by atoms with Crippen molar-refractivity contribution in [1.29, 1.82) is 0 Å². The Balaban J connectivity index is 1.40. The van der Waals surface area contributed by atoms with Gasteiger partial charge in [0.25, 0.3) is 5.56 Å². The fraction of sp³-hybridized carbons (Fsp3) is 0.458. The van der Waals surface area contributed by atoms with Gasteiger partial charge >= 0.3 is 0 Å². The fourth-order valence-corrected chi connectivity index (χ4v) is 5.29. The monoisotopic (exact) mass is 460 g/mol. The van der Waals surface area contributed by atoms with Crippen LogP contribution in [0.4, 0.5) is 17.3 Å². The molecule has 4 heterocycles. The highest BCUT2D eigenvalue weighted by Gasteiger charge is 2.24. The molecule has 10 nitrogen and oxygen atoms in total. The first-order valence-corrected chi connectivity index (χ1v) is 12.0. The molecule has 1 aliphatic heterocycles. The van der Waals surface area contributed by atoms with Crippen molar-refractivity contribution in [2.45, 2.75) is 51.0 Å². The third-order valence-corrected chi connectivity index (χ3v) is 7.04. The molecule has 6 rings (SSSR count). The molecule has 0 radical (unpaired) electrons. The summed E-state index contributed by atoms with van der Waals surface area (Å²) in [7, 11) is 1.67. The molecule has 1 N–H and O–H groups in total. The summed E-state index contributed by atoms with van der Waals surface area (Å²) in [4.78, 5) is 25.0. The number of fused-ring (bicyclic) bond motifs is 3. The first-order chi connectivity index (χ1) is 16.7.